The summed E-state index contributed by atoms with van der Waals surface area (Å²) >= 11 is 0. The molecule has 0 aliphatic carbocycles. The molecule has 1 saturated heterocycles. The molecule has 1 aromatic rings. The molecule has 0 N–H and O–H groups in total. The van der Waals surface area contributed by atoms with Crippen LogP contribution in [0.25, 0.3) is 0 Å². The lowest BCUT2D eigenvalue weighted by Crippen LogP contribution is -2.40. The van der Waals surface area contributed by atoms with Crippen molar-refractivity contribution in [3.05, 3.63) is 29.8 Å². The van der Waals surface area contributed by atoms with Crippen molar-refractivity contribution in [2.75, 3.05) is 31.7 Å². The Morgan fingerprint density at radius 1 is 1.22 bits per heavy atom. The topological polar surface area (TPSA) is 63.7 Å². The van der Waals surface area contributed by atoms with Gasteiger partial charge in [0.1, 0.15) is 15.6 Å². The van der Waals surface area contributed by atoms with Crippen LogP contribution in [0.5, 0.6) is 5.75 Å². The van der Waals surface area contributed by atoms with Crippen LogP contribution in [-0.4, -0.2) is 50.9 Å². The number of hydrogen-bond acceptors (Lipinski definition) is 4. The number of likely N-dealkylation sites (tertiary alicyclic amines) is 1. The molecule has 0 atom stereocenters. The highest BCUT2D eigenvalue weighted by atomic mass is 32.2. The molecule has 1 aliphatic heterocycles. The monoisotopic (exact) mass is 339 g/mol. The summed E-state index contributed by atoms with van der Waals surface area (Å²) in [6, 6.07) is 7.59. The normalized spacial score (nSPS) is 16.3. The Morgan fingerprint density at radius 3 is 2.35 bits per heavy atom. The summed E-state index contributed by atoms with van der Waals surface area (Å²) in [4.78, 5) is 14.2. The number of rotatable bonds is 6. The van der Waals surface area contributed by atoms with Crippen LogP contribution in [0.1, 0.15) is 25.3 Å². The lowest BCUT2D eigenvalue weighted by Gasteiger charge is -2.31. The van der Waals surface area contributed by atoms with Crippen LogP contribution in [0.2, 0.25) is 0 Å². The Labute approximate surface area is 138 Å². The smallest absolute Gasteiger partial charge is 0.226 e. The van der Waals surface area contributed by atoms with E-state index in [1.54, 1.807) is 0 Å². The minimum Gasteiger partial charge on any atom is -0.494 e. The van der Waals surface area contributed by atoms with Crippen LogP contribution in [0.3, 0.4) is 0 Å². The van der Waals surface area contributed by atoms with E-state index in [-0.39, 0.29) is 17.6 Å². The second-order valence-corrected chi connectivity index (χ2v) is 8.36. The third-order valence-electron chi connectivity index (χ3n) is 4.10. The number of nitrogens with zero attached hydrogens (tertiary/aromatic N) is 1. The SMILES string of the molecule is CCOc1ccc(CC(=O)N2CCC(CS(C)(=O)=O)CC2)cc1. The molecule has 0 unspecified atom stereocenters. The first-order valence-electron chi connectivity index (χ1n) is 8.04. The van der Waals surface area contributed by atoms with Gasteiger partial charge >= 0.3 is 0 Å². The quantitative estimate of drug-likeness (QED) is 0.794. The van der Waals surface area contributed by atoms with Gasteiger partial charge in [-0.3, -0.25) is 4.79 Å². The number of sulfone groups is 1. The highest BCUT2D eigenvalue weighted by molar-refractivity contribution is 7.90. The van der Waals surface area contributed by atoms with Gasteiger partial charge in [-0.1, -0.05) is 12.1 Å². The highest BCUT2D eigenvalue weighted by Gasteiger charge is 2.25. The zero-order chi connectivity index (χ0) is 16.9. The first-order chi connectivity index (χ1) is 10.9. The minimum absolute atomic E-state index is 0.104. The van der Waals surface area contributed by atoms with Crippen LogP contribution in [0, 0.1) is 5.92 Å². The van der Waals surface area contributed by atoms with Crippen molar-refractivity contribution in [1.82, 2.24) is 4.90 Å². The van der Waals surface area contributed by atoms with Crippen molar-refractivity contribution in [1.29, 1.82) is 0 Å². The van der Waals surface area contributed by atoms with Gasteiger partial charge in [-0.25, -0.2) is 8.42 Å². The summed E-state index contributed by atoms with van der Waals surface area (Å²) < 4.78 is 28.1. The molecule has 2 rings (SSSR count). The molecular weight excluding hydrogens is 314 g/mol. The summed E-state index contributed by atoms with van der Waals surface area (Å²) in [6.45, 7) is 3.86. The number of benzene rings is 1. The zero-order valence-corrected chi connectivity index (χ0v) is 14.6. The van der Waals surface area contributed by atoms with Crippen LogP contribution in [-0.2, 0) is 21.1 Å². The average Bonchev–Trinajstić information content (AvgIpc) is 2.48. The van der Waals surface area contributed by atoms with Gasteiger partial charge in [0.2, 0.25) is 5.91 Å². The Kier molecular flexibility index (Phi) is 6.04. The summed E-state index contributed by atoms with van der Waals surface area (Å²) in [5.41, 5.74) is 0.969. The van der Waals surface area contributed by atoms with E-state index >= 15 is 0 Å². The maximum absolute atomic E-state index is 12.3. The molecule has 1 aliphatic rings. The molecule has 0 spiro atoms. The fourth-order valence-corrected chi connectivity index (χ4v) is 4.12. The number of ether oxygens (including phenoxy) is 1. The Balaban J connectivity index is 1.83. The fourth-order valence-electron chi connectivity index (χ4n) is 2.93. The first kappa shape index (κ1) is 17.8. The standard InChI is InChI=1S/C17H25NO4S/c1-3-22-16-6-4-14(5-7-16)12-17(19)18-10-8-15(9-11-18)13-23(2,20)21/h4-7,15H,3,8-13H2,1-2H3. The third kappa shape index (κ3) is 5.86. The maximum atomic E-state index is 12.3. The third-order valence-corrected chi connectivity index (χ3v) is 5.17. The predicted octanol–water partition coefficient (Wildman–Crippen LogP) is 1.91. The van der Waals surface area contributed by atoms with E-state index in [0.29, 0.717) is 26.1 Å². The van der Waals surface area contributed by atoms with E-state index in [9.17, 15) is 13.2 Å². The molecule has 23 heavy (non-hydrogen) atoms. The second-order valence-electron chi connectivity index (χ2n) is 6.17. The molecule has 0 bridgehead atoms. The molecule has 0 saturated carbocycles. The van der Waals surface area contributed by atoms with Crippen LogP contribution in [0.4, 0.5) is 0 Å². The maximum Gasteiger partial charge on any atom is 0.226 e. The van der Waals surface area contributed by atoms with Crippen molar-refractivity contribution in [3.63, 3.8) is 0 Å². The number of carbonyl (C=O) groups excluding carboxylic acids is 1. The largest absolute Gasteiger partial charge is 0.494 e. The first-order valence-corrected chi connectivity index (χ1v) is 10.1. The highest BCUT2D eigenvalue weighted by Crippen LogP contribution is 2.20. The lowest BCUT2D eigenvalue weighted by molar-refractivity contribution is -0.131. The van der Waals surface area contributed by atoms with Gasteiger partial charge in [-0.15, -0.1) is 0 Å². The number of amides is 1. The molecule has 128 valence electrons. The minimum atomic E-state index is -2.93. The van der Waals surface area contributed by atoms with E-state index in [2.05, 4.69) is 0 Å². The van der Waals surface area contributed by atoms with E-state index in [0.717, 1.165) is 24.2 Å². The molecule has 0 aromatic heterocycles. The summed E-state index contributed by atoms with van der Waals surface area (Å²) in [5, 5.41) is 0. The molecule has 1 fully saturated rings. The van der Waals surface area contributed by atoms with Crippen molar-refractivity contribution < 1.29 is 17.9 Å². The second kappa shape index (κ2) is 7.81. The number of carbonyl (C=O) groups is 1. The molecule has 0 radical (unpaired) electrons. The summed E-state index contributed by atoms with van der Waals surface area (Å²) in [5.74, 6) is 1.32. The summed E-state index contributed by atoms with van der Waals surface area (Å²) in [7, 11) is -2.93. The van der Waals surface area contributed by atoms with Crippen LogP contribution >= 0.6 is 0 Å². The van der Waals surface area contributed by atoms with E-state index < -0.39 is 9.84 Å². The molecule has 6 heteroatoms. The van der Waals surface area contributed by atoms with Gasteiger partial charge in [0, 0.05) is 19.3 Å². The lowest BCUT2D eigenvalue weighted by atomic mass is 9.98. The predicted molar refractivity (Wildman–Crippen MR) is 90.3 cm³/mol. The molecule has 1 amide bonds. The van der Waals surface area contributed by atoms with E-state index in [1.165, 1.54) is 6.26 Å². The van der Waals surface area contributed by atoms with Gasteiger partial charge < -0.3 is 9.64 Å². The molecule has 1 heterocycles. The van der Waals surface area contributed by atoms with Gasteiger partial charge in [-0.2, -0.15) is 0 Å². The molecule has 1 aromatic carbocycles. The Bertz CT molecular complexity index is 616. The van der Waals surface area contributed by atoms with Crippen LogP contribution in [0.15, 0.2) is 24.3 Å². The zero-order valence-electron chi connectivity index (χ0n) is 13.8. The molecular formula is C17H25NO4S. The molecule has 5 nitrogen and oxygen atoms in total. The van der Waals surface area contributed by atoms with Crippen molar-refractivity contribution in [2.45, 2.75) is 26.2 Å². The van der Waals surface area contributed by atoms with Crippen molar-refractivity contribution in [2.24, 2.45) is 5.92 Å². The van der Waals surface area contributed by atoms with E-state index in [4.69, 9.17) is 4.74 Å². The van der Waals surface area contributed by atoms with Gasteiger partial charge in [0.15, 0.2) is 0 Å². The number of piperidine rings is 1. The van der Waals surface area contributed by atoms with Crippen molar-refractivity contribution >= 4 is 15.7 Å². The van der Waals surface area contributed by atoms with Gasteiger partial charge in [0.05, 0.1) is 18.8 Å². The van der Waals surface area contributed by atoms with Crippen LogP contribution < -0.4 is 4.74 Å². The number of hydrogen-bond donors (Lipinski definition) is 0. The van der Waals surface area contributed by atoms with Gasteiger partial charge in [-0.05, 0) is 43.4 Å². The van der Waals surface area contributed by atoms with E-state index in [1.807, 2.05) is 36.1 Å². The van der Waals surface area contributed by atoms with Gasteiger partial charge in [0.25, 0.3) is 0 Å². The average molecular weight is 339 g/mol. The fraction of sp³-hybridized carbons (Fsp3) is 0.588. The Hall–Kier alpha value is -1.56. The van der Waals surface area contributed by atoms with Crippen molar-refractivity contribution in [3.8, 4) is 5.75 Å². The Morgan fingerprint density at radius 2 is 1.83 bits per heavy atom. The summed E-state index contributed by atoms with van der Waals surface area (Å²) in [6.07, 6.45) is 3.18.